The molecule has 0 spiro atoms. The van der Waals surface area contributed by atoms with Gasteiger partial charge < -0.3 is 9.84 Å². The Kier molecular flexibility index (Phi) is 5.56. The Hall–Kier alpha value is -1.39. The second-order valence-corrected chi connectivity index (χ2v) is 5.32. The Labute approximate surface area is 120 Å². The first-order chi connectivity index (χ1) is 9.74. The summed E-state index contributed by atoms with van der Waals surface area (Å²) in [5.41, 5.74) is 2.17. The van der Waals surface area contributed by atoms with Gasteiger partial charge in [0, 0.05) is 12.6 Å². The summed E-state index contributed by atoms with van der Waals surface area (Å²) in [7, 11) is 1.41. The fraction of sp³-hybridized carbons (Fsp3) is 0.562. The van der Waals surface area contributed by atoms with Gasteiger partial charge in [-0.2, -0.15) is 0 Å². The van der Waals surface area contributed by atoms with Gasteiger partial charge in [-0.05, 0) is 30.5 Å². The minimum Gasteiger partial charge on any atom is -0.469 e. The maximum Gasteiger partial charge on any atom is 0.309 e. The molecule has 1 aliphatic heterocycles. The number of aliphatic hydroxyl groups excluding tert-OH is 1. The fourth-order valence-electron chi connectivity index (χ4n) is 2.81. The van der Waals surface area contributed by atoms with E-state index in [4.69, 9.17) is 4.74 Å². The van der Waals surface area contributed by atoms with E-state index in [0.717, 1.165) is 30.6 Å². The van der Waals surface area contributed by atoms with Gasteiger partial charge in [-0.25, -0.2) is 0 Å². The molecule has 1 fully saturated rings. The SMILES string of the molecule is COC(=O)Cc1ccccc1CN1CCCCC1CO. The van der Waals surface area contributed by atoms with Crippen molar-refractivity contribution in [3.63, 3.8) is 0 Å². The minimum absolute atomic E-state index is 0.208. The lowest BCUT2D eigenvalue weighted by Crippen LogP contribution is -2.41. The Morgan fingerprint density at radius 3 is 2.80 bits per heavy atom. The van der Waals surface area contributed by atoms with E-state index in [1.54, 1.807) is 0 Å². The van der Waals surface area contributed by atoms with Gasteiger partial charge in [0.1, 0.15) is 0 Å². The summed E-state index contributed by atoms with van der Waals surface area (Å²) in [6.07, 6.45) is 3.72. The summed E-state index contributed by atoms with van der Waals surface area (Å²) >= 11 is 0. The van der Waals surface area contributed by atoms with Crippen molar-refractivity contribution in [1.29, 1.82) is 0 Å². The quantitative estimate of drug-likeness (QED) is 0.833. The van der Waals surface area contributed by atoms with Crippen LogP contribution in [-0.4, -0.2) is 42.3 Å². The molecule has 0 amide bonds. The molecule has 1 atom stereocenters. The third kappa shape index (κ3) is 3.81. The molecule has 1 aromatic carbocycles. The lowest BCUT2D eigenvalue weighted by molar-refractivity contribution is -0.139. The van der Waals surface area contributed by atoms with Crippen LogP contribution in [0.1, 0.15) is 30.4 Å². The zero-order chi connectivity index (χ0) is 14.4. The Morgan fingerprint density at radius 2 is 2.10 bits per heavy atom. The lowest BCUT2D eigenvalue weighted by atomic mass is 9.99. The average molecular weight is 277 g/mol. The van der Waals surface area contributed by atoms with E-state index in [-0.39, 0.29) is 18.6 Å². The summed E-state index contributed by atoms with van der Waals surface area (Å²) in [4.78, 5) is 13.8. The van der Waals surface area contributed by atoms with Gasteiger partial charge in [0.2, 0.25) is 0 Å². The third-order valence-electron chi connectivity index (χ3n) is 4.01. The van der Waals surface area contributed by atoms with Crippen molar-refractivity contribution in [2.45, 2.75) is 38.3 Å². The molecular weight excluding hydrogens is 254 g/mol. The second-order valence-electron chi connectivity index (χ2n) is 5.32. The van der Waals surface area contributed by atoms with Crippen LogP contribution in [0.25, 0.3) is 0 Å². The average Bonchev–Trinajstić information content (AvgIpc) is 2.49. The molecule has 0 aliphatic carbocycles. The highest BCUT2D eigenvalue weighted by molar-refractivity contribution is 5.72. The normalized spacial score (nSPS) is 19.8. The largest absolute Gasteiger partial charge is 0.469 e. The van der Waals surface area contributed by atoms with Crippen LogP contribution in [0.2, 0.25) is 0 Å². The molecule has 110 valence electrons. The first-order valence-corrected chi connectivity index (χ1v) is 7.23. The van der Waals surface area contributed by atoms with Crippen molar-refractivity contribution in [2.24, 2.45) is 0 Å². The highest BCUT2D eigenvalue weighted by Crippen LogP contribution is 2.21. The number of esters is 1. The number of ether oxygens (including phenoxy) is 1. The maximum atomic E-state index is 11.5. The molecule has 0 saturated carbocycles. The van der Waals surface area contributed by atoms with Crippen LogP contribution < -0.4 is 0 Å². The van der Waals surface area contributed by atoms with Gasteiger partial charge in [0.25, 0.3) is 0 Å². The van der Waals surface area contributed by atoms with Gasteiger partial charge >= 0.3 is 5.97 Å². The molecular formula is C16H23NO3. The molecule has 1 aromatic rings. The molecule has 2 rings (SSSR count). The molecule has 0 bridgehead atoms. The summed E-state index contributed by atoms with van der Waals surface area (Å²) in [6.45, 7) is 2.01. The van der Waals surface area contributed by atoms with Crippen LogP contribution in [0.5, 0.6) is 0 Å². The number of likely N-dealkylation sites (tertiary alicyclic amines) is 1. The fourth-order valence-corrected chi connectivity index (χ4v) is 2.81. The standard InChI is InChI=1S/C16H23NO3/c1-20-16(19)10-13-6-2-3-7-14(13)11-17-9-5-4-8-15(17)12-18/h2-3,6-7,15,18H,4-5,8-12H2,1H3. The van der Waals surface area contributed by atoms with Gasteiger partial charge in [-0.15, -0.1) is 0 Å². The summed E-state index contributed by atoms with van der Waals surface area (Å²) in [5.74, 6) is -0.213. The van der Waals surface area contributed by atoms with E-state index in [1.165, 1.54) is 20.0 Å². The molecule has 4 heteroatoms. The molecule has 4 nitrogen and oxygen atoms in total. The van der Waals surface area contributed by atoms with Gasteiger partial charge in [0.05, 0.1) is 20.1 Å². The van der Waals surface area contributed by atoms with E-state index in [0.29, 0.717) is 6.42 Å². The lowest BCUT2D eigenvalue weighted by Gasteiger charge is -2.35. The first-order valence-electron chi connectivity index (χ1n) is 7.23. The predicted molar refractivity (Wildman–Crippen MR) is 77.3 cm³/mol. The monoisotopic (exact) mass is 277 g/mol. The summed E-state index contributed by atoms with van der Waals surface area (Å²) < 4.78 is 4.75. The van der Waals surface area contributed by atoms with Crippen molar-refractivity contribution in [3.8, 4) is 0 Å². The van der Waals surface area contributed by atoms with E-state index in [1.807, 2.05) is 18.2 Å². The number of hydrogen-bond donors (Lipinski definition) is 1. The molecule has 1 N–H and O–H groups in total. The van der Waals surface area contributed by atoms with Crippen molar-refractivity contribution < 1.29 is 14.6 Å². The Morgan fingerprint density at radius 1 is 1.35 bits per heavy atom. The number of piperidine rings is 1. The summed E-state index contributed by atoms with van der Waals surface area (Å²) in [5, 5.41) is 9.48. The van der Waals surface area contributed by atoms with Crippen LogP contribution in [0.15, 0.2) is 24.3 Å². The number of aliphatic hydroxyl groups is 1. The second kappa shape index (κ2) is 7.41. The van der Waals surface area contributed by atoms with Crippen molar-refractivity contribution in [2.75, 3.05) is 20.3 Å². The van der Waals surface area contributed by atoms with Gasteiger partial charge in [-0.3, -0.25) is 9.69 Å². The highest BCUT2D eigenvalue weighted by atomic mass is 16.5. The Balaban J connectivity index is 2.09. The molecule has 1 heterocycles. The number of nitrogens with zero attached hydrogens (tertiary/aromatic N) is 1. The molecule has 1 aliphatic rings. The van der Waals surface area contributed by atoms with Crippen LogP contribution >= 0.6 is 0 Å². The molecule has 0 radical (unpaired) electrons. The van der Waals surface area contributed by atoms with Gasteiger partial charge in [0.15, 0.2) is 0 Å². The number of carbonyl (C=O) groups is 1. The number of methoxy groups -OCH3 is 1. The maximum absolute atomic E-state index is 11.5. The zero-order valence-corrected chi connectivity index (χ0v) is 12.0. The zero-order valence-electron chi connectivity index (χ0n) is 12.0. The first kappa shape index (κ1) is 15.0. The molecule has 1 saturated heterocycles. The third-order valence-corrected chi connectivity index (χ3v) is 4.01. The minimum atomic E-state index is -0.213. The van der Waals surface area contributed by atoms with Crippen LogP contribution in [0.3, 0.4) is 0 Å². The Bertz CT molecular complexity index is 447. The van der Waals surface area contributed by atoms with E-state index >= 15 is 0 Å². The molecule has 1 unspecified atom stereocenters. The number of carbonyl (C=O) groups excluding carboxylic acids is 1. The number of benzene rings is 1. The smallest absolute Gasteiger partial charge is 0.309 e. The number of rotatable bonds is 5. The topological polar surface area (TPSA) is 49.8 Å². The predicted octanol–water partition coefficient (Wildman–Crippen LogP) is 1.75. The summed E-state index contributed by atoms with van der Waals surface area (Å²) in [6, 6.07) is 8.22. The van der Waals surface area contributed by atoms with E-state index in [2.05, 4.69) is 11.0 Å². The van der Waals surface area contributed by atoms with Gasteiger partial charge in [-0.1, -0.05) is 30.7 Å². The molecule has 20 heavy (non-hydrogen) atoms. The van der Waals surface area contributed by atoms with Crippen LogP contribution in [-0.2, 0) is 22.5 Å². The van der Waals surface area contributed by atoms with Crippen molar-refractivity contribution in [3.05, 3.63) is 35.4 Å². The number of hydrogen-bond acceptors (Lipinski definition) is 4. The van der Waals surface area contributed by atoms with Crippen LogP contribution in [0, 0.1) is 0 Å². The van der Waals surface area contributed by atoms with Crippen molar-refractivity contribution >= 4 is 5.97 Å². The highest BCUT2D eigenvalue weighted by Gasteiger charge is 2.22. The van der Waals surface area contributed by atoms with Crippen LogP contribution in [0.4, 0.5) is 0 Å². The van der Waals surface area contributed by atoms with Crippen molar-refractivity contribution in [1.82, 2.24) is 4.90 Å². The molecule has 0 aromatic heterocycles. The van der Waals surface area contributed by atoms with E-state index in [9.17, 15) is 9.90 Å². The van der Waals surface area contributed by atoms with E-state index < -0.39 is 0 Å².